The lowest BCUT2D eigenvalue weighted by Gasteiger charge is -1.88. The molecule has 0 amide bonds. The third-order valence-corrected chi connectivity index (χ3v) is 1.08. The summed E-state index contributed by atoms with van der Waals surface area (Å²) in [4.78, 5) is 0. The lowest BCUT2D eigenvalue weighted by Crippen LogP contribution is -1.85. The van der Waals surface area contributed by atoms with Gasteiger partial charge in [0, 0.05) is 0 Å². The molecular formula is C9H14N2. The van der Waals surface area contributed by atoms with Crippen LogP contribution in [0.15, 0.2) is 41.6 Å². The Hall–Kier alpha value is -1.31. The van der Waals surface area contributed by atoms with Gasteiger partial charge in [0.2, 0.25) is 0 Å². The van der Waals surface area contributed by atoms with E-state index in [-0.39, 0.29) is 0 Å². The van der Waals surface area contributed by atoms with Gasteiger partial charge in [-0.05, 0) is 12.0 Å². The van der Waals surface area contributed by atoms with E-state index in [0.29, 0.717) is 0 Å². The van der Waals surface area contributed by atoms with Crippen LogP contribution in [-0.4, -0.2) is 6.21 Å². The standard InChI is InChI=1S/C9H14N2/c1-3-5-7-9(6-4-2)8-11-10/h4-8H,2-3,10H2,1H3/b7-5-,9-6+,11-8+. The molecule has 0 atom stereocenters. The van der Waals surface area contributed by atoms with Crippen molar-refractivity contribution in [1.29, 1.82) is 0 Å². The van der Waals surface area contributed by atoms with Crippen LogP contribution in [0.2, 0.25) is 0 Å². The van der Waals surface area contributed by atoms with Crippen LogP contribution in [0.4, 0.5) is 0 Å². The number of nitrogens with two attached hydrogens (primary N) is 1. The Balaban J connectivity index is 4.22. The summed E-state index contributed by atoms with van der Waals surface area (Å²) in [5, 5.41) is 3.42. The number of hydrazone groups is 1. The summed E-state index contributed by atoms with van der Waals surface area (Å²) in [5.41, 5.74) is 0.962. The third-order valence-electron chi connectivity index (χ3n) is 1.08. The Morgan fingerprint density at radius 1 is 1.64 bits per heavy atom. The molecule has 0 radical (unpaired) electrons. The first-order valence-corrected chi connectivity index (χ1v) is 3.57. The molecule has 0 aliphatic rings. The summed E-state index contributed by atoms with van der Waals surface area (Å²) in [6.45, 7) is 5.65. The average molecular weight is 150 g/mol. The maximum Gasteiger partial charge on any atom is 0.0537 e. The van der Waals surface area contributed by atoms with E-state index in [4.69, 9.17) is 5.84 Å². The Morgan fingerprint density at radius 2 is 2.36 bits per heavy atom. The van der Waals surface area contributed by atoms with E-state index in [9.17, 15) is 0 Å². The molecule has 0 aromatic carbocycles. The minimum Gasteiger partial charge on any atom is -0.323 e. The largest absolute Gasteiger partial charge is 0.323 e. The fourth-order valence-corrected chi connectivity index (χ4v) is 0.618. The molecule has 0 saturated carbocycles. The number of nitrogens with zero attached hydrogens (tertiary/aromatic N) is 1. The summed E-state index contributed by atoms with van der Waals surface area (Å²) in [6.07, 6.45) is 10.1. The van der Waals surface area contributed by atoms with Crippen LogP contribution in [0.5, 0.6) is 0 Å². The first-order valence-electron chi connectivity index (χ1n) is 3.57. The van der Waals surface area contributed by atoms with Crippen LogP contribution in [0.3, 0.4) is 0 Å². The van der Waals surface area contributed by atoms with Crippen molar-refractivity contribution < 1.29 is 0 Å². The quantitative estimate of drug-likeness (QED) is 0.283. The van der Waals surface area contributed by atoms with E-state index in [1.54, 1.807) is 12.3 Å². The lowest BCUT2D eigenvalue weighted by molar-refractivity contribution is 1.22. The first kappa shape index (κ1) is 9.69. The van der Waals surface area contributed by atoms with E-state index in [1.807, 2.05) is 18.2 Å². The summed E-state index contributed by atoms with van der Waals surface area (Å²) in [6, 6.07) is 0. The molecule has 11 heavy (non-hydrogen) atoms. The van der Waals surface area contributed by atoms with Crippen LogP contribution in [0, 0.1) is 0 Å². The van der Waals surface area contributed by atoms with Crippen molar-refractivity contribution in [3.8, 4) is 0 Å². The first-order chi connectivity index (χ1) is 5.35. The van der Waals surface area contributed by atoms with Crippen LogP contribution in [-0.2, 0) is 0 Å². The molecule has 2 N–H and O–H groups in total. The van der Waals surface area contributed by atoms with Gasteiger partial charge in [0.15, 0.2) is 0 Å². The molecule has 0 aliphatic carbocycles. The molecule has 0 fully saturated rings. The minimum atomic E-state index is 0.962. The number of rotatable bonds is 4. The Bertz CT molecular complexity index is 188. The van der Waals surface area contributed by atoms with Gasteiger partial charge >= 0.3 is 0 Å². The van der Waals surface area contributed by atoms with Crippen molar-refractivity contribution in [2.45, 2.75) is 13.3 Å². The highest BCUT2D eigenvalue weighted by molar-refractivity contribution is 5.82. The highest BCUT2D eigenvalue weighted by atomic mass is 15.1. The average Bonchev–Trinajstić information content (AvgIpc) is 2.01. The second-order valence-corrected chi connectivity index (χ2v) is 1.99. The van der Waals surface area contributed by atoms with E-state index in [2.05, 4.69) is 18.6 Å². The van der Waals surface area contributed by atoms with Gasteiger partial charge in [-0.3, -0.25) is 0 Å². The smallest absolute Gasteiger partial charge is 0.0537 e. The Morgan fingerprint density at radius 3 is 2.82 bits per heavy atom. The second kappa shape index (κ2) is 6.81. The zero-order chi connectivity index (χ0) is 8.53. The fraction of sp³-hybridized carbons (Fsp3) is 0.222. The molecule has 0 saturated heterocycles. The fourth-order valence-electron chi connectivity index (χ4n) is 0.618. The summed E-state index contributed by atoms with van der Waals surface area (Å²) < 4.78 is 0. The van der Waals surface area contributed by atoms with Crippen LogP contribution < -0.4 is 5.84 Å². The molecule has 60 valence electrons. The third kappa shape index (κ3) is 5.15. The predicted molar refractivity (Wildman–Crippen MR) is 50.4 cm³/mol. The van der Waals surface area contributed by atoms with Gasteiger partial charge in [-0.15, -0.1) is 0 Å². The highest BCUT2D eigenvalue weighted by Gasteiger charge is 1.81. The second-order valence-electron chi connectivity index (χ2n) is 1.99. The summed E-state index contributed by atoms with van der Waals surface area (Å²) >= 11 is 0. The van der Waals surface area contributed by atoms with Crippen molar-refractivity contribution in [3.63, 3.8) is 0 Å². The van der Waals surface area contributed by atoms with E-state index in [0.717, 1.165) is 12.0 Å². The van der Waals surface area contributed by atoms with Crippen molar-refractivity contribution in [2.24, 2.45) is 10.9 Å². The Kier molecular flexibility index (Phi) is 5.99. The van der Waals surface area contributed by atoms with Crippen molar-refractivity contribution >= 4 is 6.21 Å². The van der Waals surface area contributed by atoms with E-state index >= 15 is 0 Å². The van der Waals surface area contributed by atoms with Crippen LogP contribution >= 0.6 is 0 Å². The van der Waals surface area contributed by atoms with Gasteiger partial charge in [-0.2, -0.15) is 5.10 Å². The monoisotopic (exact) mass is 150 g/mol. The maximum absolute atomic E-state index is 4.99. The molecular weight excluding hydrogens is 136 g/mol. The molecule has 0 unspecified atom stereocenters. The molecule has 0 aromatic rings. The molecule has 0 aromatic heterocycles. The minimum absolute atomic E-state index is 0.962. The predicted octanol–water partition coefficient (Wildman–Crippen LogP) is 2.01. The van der Waals surface area contributed by atoms with Gasteiger partial charge < -0.3 is 5.84 Å². The van der Waals surface area contributed by atoms with Gasteiger partial charge in [0.25, 0.3) is 0 Å². The maximum atomic E-state index is 4.99. The van der Waals surface area contributed by atoms with E-state index < -0.39 is 0 Å². The van der Waals surface area contributed by atoms with Gasteiger partial charge in [0.1, 0.15) is 0 Å². The molecule has 0 spiro atoms. The number of hydrogen-bond donors (Lipinski definition) is 1. The van der Waals surface area contributed by atoms with Crippen LogP contribution in [0.1, 0.15) is 13.3 Å². The highest BCUT2D eigenvalue weighted by Crippen LogP contribution is 1.94. The molecule has 0 bridgehead atoms. The normalized spacial score (nSPS) is 13.0. The number of hydrogen-bond acceptors (Lipinski definition) is 2. The summed E-state index contributed by atoms with van der Waals surface area (Å²) in [5.74, 6) is 4.99. The molecule has 0 aliphatic heterocycles. The van der Waals surface area contributed by atoms with Crippen molar-refractivity contribution in [1.82, 2.24) is 0 Å². The zero-order valence-corrected chi connectivity index (χ0v) is 6.83. The summed E-state index contributed by atoms with van der Waals surface area (Å²) in [7, 11) is 0. The van der Waals surface area contributed by atoms with Crippen molar-refractivity contribution in [3.05, 3.63) is 36.5 Å². The topological polar surface area (TPSA) is 38.4 Å². The molecule has 2 heteroatoms. The SMILES string of the molecule is C=C/C=C(\C=C/CC)/C=N/N. The number of allylic oxidation sites excluding steroid dienone is 5. The Labute approximate surface area is 67.8 Å². The molecule has 2 nitrogen and oxygen atoms in total. The van der Waals surface area contributed by atoms with Gasteiger partial charge in [-0.25, -0.2) is 0 Å². The van der Waals surface area contributed by atoms with Crippen molar-refractivity contribution in [2.75, 3.05) is 0 Å². The van der Waals surface area contributed by atoms with Gasteiger partial charge in [0.05, 0.1) is 6.21 Å². The zero-order valence-electron chi connectivity index (χ0n) is 6.83. The van der Waals surface area contributed by atoms with Gasteiger partial charge in [-0.1, -0.05) is 37.8 Å². The molecule has 0 heterocycles. The lowest BCUT2D eigenvalue weighted by atomic mass is 10.2. The molecule has 0 rings (SSSR count). The van der Waals surface area contributed by atoms with E-state index in [1.165, 1.54) is 0 Å². The van der Waals surface area contributed by atoms with Crippen LogP contribution in [0.25, 0.3) is 0 Å².